The largest absolute Gasteiger partial charge is 0.265 e. The van der Waals surface area contributed by atoms with Crippen molar-refractivity contribution in [2.45, 2.75) is 6.92 Å². The Bertz CT molecular complexity index is 163. The lowest BCUT2D eigenvalue weighted by Crippen LogP contribution is -1.58. The second-order valence-electron chi connectivity index (χ2n) is 1.43. The van der Waals surface area contributed by atoms with Gasteiger partial charge >= 0.3 is 0 Å². The second-order valence-corrected chi connectivity index (χ2v) is 1.43. The van der Waals surface area contributed by atoms with Gasteiger partial charge in [-0.15, -0.1) is 0 Å². The van der Waals surface area contributed by atoms with E-state index in [2.05, 4.69) is 4.98 Å². The lowest BCUT2D eigenvalue weighted by molar-refractivity contribution is 0.568. The fraction of sp³-hybridized carbons (Fsp3) is 0.125. The van der Waals surface area contributed by atoms with Crippen LogP contribution in [0.1, 0.15) is 6.92 Å². The Hall–Kier alpha value is -1.40. The molecule has 1 rings (SSSR count). The molecule has 0 saturated carbocycles. The fourth-order valence-electron chi connectivity index (χ4n) is 0.313. The molecule has 0 unspecified atom stereocenters. The van der Waals surface area contributed by atoms with Crippen LogP contribution in [-0.2, 0) is 4.79 Å². The predicted molar refractivity (Wildman–Crippen MR) is 40.2 cm³/mol. The van der Waals surface area contributed by atoms with E-state index < -0.39 is 0 Å². The molecule has 1 aromatic heterocycles. The normalized spacial score (nSPS) is 6.50. The van der Waals surface area contributed by atoms with E-state index in [0.29, 0.717) is 0 Å². The van der Waals surface area contributed by atoms with Gasteiger partial charge in [0, 0.05) is 12.4 Å². The van der Waals surface area contributed by atoms with Crippen molar-refractivity contribution in [1.82, 2.24) is 4.98 Å². The summed E-state index contributed by atoms with van der Waals surface area (Å²) in [6, 6.07) is 5.72. The molecule has 0 atom stereocenters. The molecular weight excluding hydrogens is 126 g/mol. The molecule has 2 nitrogen and oxygen atoms in total. The smallest absolute Gasteiger partial charge is 0.119 e. The molecule has 0 aliphatic carbocycles. The molecule has 0 saturated heterocycles. The van der Waals surface area contributed by atoms with Crippen LogP contribution in [0.5, 0.6) is 0 Å². The van der Waals surface area contributed by atoms with Crippen LogP contribution < -0.4 is 0 Å². The van der Waals surface area contributed by atoms with E-state index in [1.165, 1.54) is 6.08 Å². The SMILES string of the molecule is CC=C=O.c1ccncc1. The third-order valence-corrected chi connectivity index (χ3v) is 0.684. The van der Waals surface area contributed by atoms with Gasteiger partial charge in [-0.2, -0.15) is 0 Å². The van der Waals surface area contributed by atoms with Gasteiger partial charge in [-0.25, -0.2) is 4.79 Å². The lowest BCUT2D eigenvalue weighted by atomic mass is 10.5. The molecule has 0 spiro atoms. The van der Waals surface area contributed by atoms with Gasteiger partial charge < -0.3 is 0 Å². The van der Waals surface area contributed by atoms with Crippen molar-refractivity contribution in [1.29, 1.82) is 0 Å². The minimum atomic E-state index is 1.32. The van der Waals surface area contributed by atoms with E-state index in [1.54, 1.807) is 25.3 Å². The number of nitrogens with zero attached hydrogens (tertiary/aromatic N) is 1. The number of allylic oxidation sites excluding steroid dienone is 1. The van der Waals surface area contributed by atoms with Gasteiger partial charge in [0.25, 0.3) is 0 Å². The van der Waals surface area contributed by atoms with Crippen LogP contribution >= 0.6 is 0 Å². The van der Waals surface area contributed by atoms with Gasteiger partial charge in [-0.3, -0.25) is 4.98 Å². The van der Waals surface area contributed by atoms with Gasteiger partial charge in [0.15, 0.2) is 0 Å². The minimum Gasteiger partial charge on any atom is -0.265 e. The Balaban J connectivity index is 0.000000180. The molecule has 1 heterocycles. The first-order valence-electron chi connectivity index (χ1n) is 2.92. The van der Waals surface area contributed by atoms with Crippen LogP contribution in [0.4, 0.5) is 0 Å². The van der Waals surface area contributed by atoms with Crippen molar-refractivity contribution in [3.63, 3.8) is 0 Å². The highest BCUT2D eigenvalue weighted by molar-refractivity contribution is 5.43. The summed E-state index contributed by atoms with van der Waals surface area (Å²) in [5, 5.41) is 0. The molecule has 0 aliphatic heterocycles. The highest BCUT2D eigenvalue weighted by Crippen LogP contribution is 1.73. The first-order chi connectivity index (χ1) is 4.91. The Kier molecular flexibility index (Phi) is 6.54. The topological polar surface area (TPSA) is 30.0 Å². The van der Waals surface area contributed by atoms with E-state index in [-0.39, 0.29) is 0 Å². The summed E-state index contributed by atoms with van der Waals surface area (Å²) in [5.74, 6) is 1.56. The maximum absolute atomic E-state index is 8.99. The summed E-state index contributed by atoms with van der Waals surface area (Å²) in [6.07, 6.45) is 4.82. The maximum atomic E-state index is 8.99. The summed E-state index contributed by atoms with van der Waals surface area (Å²) in [7, 11) is 0. The Labute approximate surface area is 60.2 Å². The number of pyridine rings is 1. The standard InChI is InChI=1S/C5H5N.C3H4O/c1-2-4-6-5-3-1;1-2-3-4/h1-5H;2H,1H3. The Morgan fingerprint density at radius 1 is 1.30 bits per heavy atom. The number of hydrogen-bond donors (Lipinski definition) is 0. The zero-order valence-electron chi connectivity index (χ0n) is 5.82. The number of rotatable bonds is 0. The average Bonchev–Trinajstić information content (AvgIpc) is 2.08. The minimum absolute atomic E-state index is 1.32. The maximum Gasteiger partial charge on any atom is 0.119 e. The molecule has 0 radical (unpaired) electrons. The van der Waals surface area contributed by atoms with E-state index in [1.807, 2.05) is 18.2 Å². The monoisotopic (exact) mass is 135 g/mol. The molecule has 0 bridgehead atoms. The zero-order valence-corrected chi connectivity index (χ0v) is 5.82. The highest BCUT2D eigenvalue weighted by Gasteiger charge is 1.58. The van der Waals surface area contributed by atoms with Crippen molar-refractivity contribution >= 4 is 5.94 Å². The Morgan fingerprint density at radius 3 is 1.90 bits per heavy atom. The van der Waals surface area contributed by atoms with Gasteiger partial charge in [0.05, 0.1) is 0 Å². The van der Waals surface area contributed by atoms with Crippen LogP contribution in [0.25, 0.3) is 0 Å². The highest BCUT2D eigenvalue weighted by atomic mass is 16.1. The molecular formula is C8H9NO. The predicted octanol–water partition coefficient (Wildman–Crippen LogP) is 1.48. The van der Waals surface area contributed by atoms with Crippen LogP contribution in [-0.4, -0.2) is 10.9 Å². The first-order valence-corrected chi connectivity index (χ1v) is 2.92. The van der Waals surface area contributed by atoms with Crippen molar-refractivity contribution in [3.05, 3.63) is 36.7 Å². The number of hydrogen-bond acceptors (Lipinski definition) is 2. The molecule has 0 fully saturated rings. The van der Waals surface area contributed by atoms with Crippen LogP contribution in [0, 0.1) is 0 Å². The van der Waals surface area contributed by atoms with E-state index in [9.17, 15) is 0 Å². The number of aromatic nitrogens is 1. The molecule has 0 amide bonds. The molecule has 10 heavy (non-hydrogen) atoms. The molecule has 0 aliphatic rings. The van der Waals surface area contributed by atoms with Crippen molar-refractivity contribution in [2.24, 2.45) is 0 Å². The fourth-order valence-corrected chi connectivity index (χ4v) is 0.313. The summed E-state index contributed by atoms with van der Waals surface area (Å²) in [5.41, 5.74) is 0. The molecule has 2 heteroatoms. The van der Waals surface area contributed by atoms with Crippen LogP contribution in [0.15, 0.2) is 36.7 Å². The molecule has 52 valence electrons. The zero-order chi connectivity index (χ0) is 7.66. The van der Waals surface area contributed by atoms with Crippen molar-refractivity contribution < 1.29 is 4.79 Å². The van der Waals surface area contributed by atoms with Gasteiger partial charge in [-0.1, -0.05) is 6.07 Å². The molecule has 0 aromatic carbocycles. The third-order valence-electron chi connectivity index (χ3n) is 0.684. The van der Waals surface area contributed by atoms with Gasteiger partial charge in [0.1, 0.15) is 5.94 Å². The van der Waals surface area contributed by atoms with Gasteiger partial charge in [-0.05, 0) is 25.1 Å². The van der Waals surface area contributed by atoms with Crippen LogP contribution in [0.2, 0.25) is 0 Å². The summed E-state index contributed by atoms with van der Waals surface area (Å²) < 4.78 is 0. The van der Waals surface area contributed by atoms with E-state index in [0.717, 1.165) is 0 Å². The second kappa shape index (κ2) is 7.60. The first kappa shape index (κ1) is 8.60. The average molecular weight is 135 g/mol. The van der Waals surface area contributed by atoms with E-state index >= 15 is 0 Å². The Morgan fingerprint density at radius 2 is 1.80 bits per heavy atom. The van der Waals surface area contributed by atoms with Gasteiger partial charge in [0.2, 0.25) is 0 Å². The summed E-state index contributed by atoms with van der Waals surface area (Å²) >= 11 is 0. The van der Waals surface area contributed by atoms with E-state index in [4.69, 9.17) is 4.79 Å². The summed E-state index contributed by atoms with van der Waals surface area (Å²) in [6.45, 7) is 1.63. The third kappa shape index (κ3) is 6.60. The number of carbonyl (C=O) groups excluding carboxylic acids is 1. The van der Waals surface area contributed by atoms with Crippen molar-refractivity contribution in [2.75, 3.05) is 0 Å². The van der Waals surface area contributed by atoms with Crippen LogP contribution in [0.3, 0.4) is 0 Å². The molecule has 0 N–H and O–H groups in total. The lowest BCUT2D eigenvalue weighted by Gasteiger charge is -1.70. The summed E-state index contributed by atoms with van der Waals surface area (Å²) in [4.78, 5) is 12.8. The van der Waals surface area contributed by atoms with Crippen molar-refractivity contribution in [3.8, 4) is 0 Å². The molecule has 1 aromatic rings. The quantitative estimate of drug-likeness (QED) is 0.504.